The molecular weight excluding hydrogens is 404 g/mol. The molecule has 0 aliphatic rings. The molecule has 0 aliphatic heterocycles. The van der Waals surface area contributed by atoms with E-state index in [1.165, 1.54) is 4.90 Å². The molecule has 0 radical (unpaired) electrons. The molecule has 0 spiro atoms. The Balaban J connectivity index is 1.70. The first-order valence-corrected chi connectivity index (χ1v) is 10.7. The number of hydrogen-bond donors (Lipinski definition) is 2. The van der Waals surface area contributed by atoms with Gasteiger partial charge in [0.15, 0.2) is 0 Å². The van der Waals surface area contributed by atoms with E-state index >= 15 is 0 Å². The molecule has 0 saturated carbocycles. The number of ether oxygens (including phenoxy) is 1. The third-order valence-electron chi connectivity index (χ3n) is 5.00. The minimum Gasteiger partial charge on any atom is -0.425 e. The van der Waals surface area contributed by atoms with Crippen LogP contribution in [0, 0.1) is 0 Å². The van der Waals surface area contributed by atoms with Gasteiger partial charge < -0.3 is 20.1 Å². The summed E-state index contributed by atoms with van der Waals surface area (Å²) in [7, 11) is 0. The van der Waals surface area contributed by atoms with Crippen LogP contribution in [-0.4, -0.2) is 47.7 Å². The van der Waals surface area contributed by atoms with Crippen molar-refractivity contribution in [2.24, 2.45) is 0 Å². The number of para-hydroxylation sites is 1. The van der Waals surface area contributed by atoms with E-state index in [9.17, 15) is 14.7 Å². The SMILES string of the molecule is O=C(Oc1ccccc1)[C@H](Cc1ccccc1)NC(=O)N(CCO)CCc1ccccc1. The van der Waals surface area contributed by atoms with Gasteiger partial charge >= 0.3 is 12.0 Å². The van der Waals surface area contributed by atoms with Crippen LogP contribution >= 0.6 is 0 Å². The van der Waals surface area contributed by atoms with E-state index in [1.807, 2.05) is 66.7 Å². The molecule has 6 nitrogen and oxygen atoms in total. The molecule has 32 heavy (non-hydrogen) atoms. The van der Waals surface area contributed by atoms with Crippen LogP contribution in [0.3, 0.4) is 0 Å². The van der Waals surface area contributed by atoms with Crippen molar-refractivity contribution >= 4 is 12.0 Å². The van der Waals surface area contributed by atoms with Gasteiger partial charge in [-0.05, 0) is 29.7 Å². The van der Waals surface area contributed by atoms with E-state index in [2.05, 4.69) is 5.32 Å². The number of benzene rings is 3. The Kier molecular flexibility index (Phi) is 8.83. The first-order valence-electron chi connectivity index (χ1n) is 10.7. The van der Waals surface area contributed by atoms with Gasteiger partial charge in [0.25, 0.3) is 0 Å². The summed E-state index contributed by atoms with van der Waals surface area (Å²) in [4.78, 5) is 27.4. The lowest BCUT2D eigenvalue weighted by Gasteiger charge is -2.25. The van der Waals surface area contributed by atoms with E-state index < -0.39 is 18.0 Å². The van der Waals surface area contributed by atoms with Gasteiger partial charge in [-0.25, -0.2) is 9.59 Å². The van der Waals surface area contributed by atoms with Crippen LogP contribution in [0.5, 0.6) is 5.75 Å². The number of nitrogens with zero attached hydrogens (tertiary/aromatic N) is 1. The van der Waals surface area contributed by atoms with Gasteiger partial charge in [0.1, 0.15) is 11.8 Å². The van der Waals surface area contributed by atoms with E-state index in [4.69, 9.17) is 4.74 Å². The molecule has 166 valence electrons. The summed E-state index contributed by atoms with van der Waals surface area (Å²) in [5.74, 6) is -0.124. The van der Waals surface area contributed by atoms with Crippen molar-refractivity contribution in [3.63, 3.8) is 0 Å². The fraction of sp³-hybridized carbons (Fsp3) is 0.231. The number of carbonyl (C=O) groups excluding carboxylic acids is 2. The average Bonchev–Trinajstić information content (AvgIpc) is 2.83. The molecule has 0 heterocycles. The van der Waals surface area contributed by atoms with E-state index in [0.717, 1.165) is 11.1 Å². The van der Waals surface area contributed by atoms with E-state index in [-0.39, 0.29) is 13.2 Å². The molecule has 3 aromatic carbocycles. The maximum Gasteiger partial charge on any atom is 0.334 e. The molecule has 2 amide bonds. The number of urea groups is 1. The first kappa shape index (κ1) is 23.0. The average molecular weight is 433 g/mol. The summed E-state index contributed by atoms with van der Waals surface area (Å²) < 4.78 is 5.50. The van der Waals surface area contributed by atoms with Gasteiger partial charge in [0.05, 0.1) is 6.61 Å². The topological polar surface area (TPSA) is 78.9 Å². The Morgan fingerprint density at radius 3 is 1.97 bits per heavy atom. The lowest BCUT2D eigenvalue weighted by atomic mass is 10.1. The Morgan fingerprint density at radius 2 is 1.38 bits per heavy atom. The Labute approximate surface area is 188 Å². The van der Waals surface area contributed by atoms with Crippen LogP contribution in [0.15, 0.2) is 91.0 Å². The monoisotopic (exact) mass is 432 g/mol. The molecule has 0 fully saturated rings. The molecule has 0 saturated heterocycles. The van der Waals surface area contributed by atoms with Gasteiger partial charge in [-0.2, -0.15) is 0 Å². The van der Waals surface area contributed by atoms with Gasteiger partial charge in [-0.1, -0.05) is 78.9 Å². The van der Waals surface area contributed by atoms with Gasteiger partial charge in [0.2, 0.25) is 0 Å². The maximum absolute atomic E-state index is 13.0. The predicted molar refractivity (Wildman–Crippen MR) is 123 cm³/mol. The van der Waals surface area contributed by atoms with Crippen molar-refractivity contribution in [1.29, 1.82) is 0 Å². The summed E-state index contributed by atoms with van der Waals surface area (Å²) in [5.41, 5.74) is 1.99. The third-order valence-corrected chi connectivity index (χ3v) is 5.00. The van der Waals surface area contributed by atoms with E-state index in [1.54, 1.807) is 24.3 Å². The first-order chi connectivity index (χ1) is 15.7. The minimum atomic E-state index is -0.872. The number of rotatable bonds is 10. The van der Waals surface area contributed by atoms with Gasteiger partial charge in [-0.15, -0.1) is 0 Å². The molecule has 0 unspecified atom stereocenters. The van der Waals surface area contributed by atoms with E-state index in [0.29, 0.717) is 25.1 Å². The minimum absolute atomic E-state index is 0.167. The maximum atomic E-state index is 13.0. The lowest BCUT2D eigenvalue weighted by Crippen LogP contribution is -2.51. The highest BCUT2D eigenvalue weighted by atomic mass is 16.5. The highest BCUT2D eigenvalue weighted by Crippen LogP contribution is 2.12. The van der Waals surface area contributed by atoms with Crippen LogP contribution in [0.1, 0.15) is 11.1 Å². The Hall–Kier alpha value is -3.64. The number of esters is 1. The summed E-state index contributed by atoms with van der Waals surface area (Å²) in [6.45, 7) is 0.423. The molecule has 0 aliphatic carbocycles. The molecule has 3 aromatic rings. The van der Waals surface area contributed by atoms with Crippen LogP contribution in [0.4, 0.5) is 4.79 Å². The number of nitrogens with one attached hydrogen (secondary N) is 1. The Bertz CT molecular complexity index is 965. The van der Waals surface area contributed by atoms with Crippen LogP contribution < -0.4 is 10.1 Å². The predicted octanol–water partition coefficient (Wildman–Crippen LogP) is 3.45. The Morgan fingerprint density at radius 1 is 0.812 bits per heavy atom. The molecule has 6 heteroatoms. The number of amides is 2. The van der Waals surface area contributed by atoms with Crippen molar-refractivity contribution in [2.75, 3.05) is 19.7 Å². The number of aliphatic hydroxyl groups is 1. The third kappa shape index (κ3) is 7.25. The molecule has 1 atom stereocenters. The second-order valence-corrected chi connectivity index (χ2v) is 7.37. The van der Waals surface area contributed by atoms with Crippen molar-refractivity contribution in [3.05, 3.63) is 102 Å². The summed E-state index contributed by atoms with van der Waals surface area (Å²) in [6.07, 6.45) is 0.940. The van der Waals surface area contributed by atoms with Crippen molar-refractivity contribution in [1.82, 2.24) is 10.2 Å². The number of hydrogen-bond acceptors (Lipinski definition) is 4. The standard InChI is InChI=1S/C26H28N2O4/c29-19-18-28(17-16-21-10-4-1-5-11-21)26(31)27-24(20-22-12-6-2-7-13-22)25(30)32-23-14-8-3-9-15-23/h1-15,24,29H,16-20H2,(H,27,31)/t24-/m0/s1. The quantitative estimate of drug-likeness (QED) is 0.380. The van der Waals surface area contributed by atoms with Crippen LogP contribution in [0.2, 0.25) is 0 Å². The summed E-state index contributed by atoms with van der Waals surface area (Å²) in [5, 5.41) is 12.3. The van der Waals surface area contributed by atoms with Crippen molar-refractivity contribution < 1.29 is 19.4 Å². The number of carbonyl (C=O) groups is 2. The smallest absolute Gasteiger partial charge is 0.334 e. The lowest BCUT2D eigenvalue weighted by molar-refractivity contribution is -0.136. The zero-order valence-electron chi connectivity index (χ0n) is 17.9. The molecule has 3 rings (SSSR count). The highest BCUT2D eigenvalue weighted by Gasteiger charge is 2.26. The largest absolute Gasteiger partial charge is 0.425 e. The van der Waals surface area contributed by atoms with Gasteiger partial charge in [0, 0.05) is 19.5 Å². The normalized spacial score (nSPS) is 11.4. The molecule has 2 N–H and O–H groups in total. The number of aliphatic hydroxyl groups excluding tert-OH is 1. The molecule has 0 aromatic heterocycles. The fourth-order valence-electron chi connectivity index (χ4n) is 3.30. The van der Waals surface area contributed by atoms with Gasteiger partial charge in [-0.3, -0.25) is 0 Å². The van der Waals surface area contributed by atoms with Crippen molar-refractivity contribution in [3.8, 4) is 5.75 Å². The summed E-state index contributed by atoms with van der Waals surface area (Å²) in [6, 6.07) is 26.8. The second-order valence-electron chi connectivity index (χ2n) is 7.37. The van der Waals surface area contributed by atoms with Crippen molar-refractivity contribution in [2.45, 2.75) is 18.9 Å². The van der Waals surface area contributed by atoms with Crippen LogP contribution in [0.25, 0.3) is 0 Å². The molecule has 0 bridgehead atoms. The zero-order chi connectivity index (χ0) is 22.6. The fourth-order valence-corrected chi connectivity index (χ4v) is 3.30. The molecular formula is C26H28N2O4. The van der Waals surface area contributed by atoms with Crippen LogP contribution in [-0.2, 0) is 17.6 Å². The second kappa shape index (κ2) is 12.3. The highest BCUT2D eigenvalue weighted by molar-refractivity contribution is 5.85. The zero-order valence-corrected chi connectivity index (χ0v) is 17.9. The summed E-state index contributed by atoms with van der Waals surface area (Å²) >= 11 is 0.